The molecule has 4 rings (SSSR count). The Morgan fingerprint density at radius 2 is 1.96 bits per heavy atom. The van der Waals surface area contributed by atoms with Gasteiger partial charge >= 0.3 is 0 Å². The molecule has 6 nitrogen and oxygen atoms in total. The molecule has 2 aliphatic carbocycles. The third kappa shape index (κ3) is 2.19. The Kier molecular flexibility index (Phi) is 3.31. The topological polar surface area (TPSA) is 83.1 Å². The van der Waals surface area contributed by atoms with Gasteiger partial charge in [0.2, 0.25) is 0 Å². The Hall–Kier alpha value is -2.73. The average Bonchev–Trinajstić information content (AvgIpc) is 2.60. The fourth-order valence-electron chi connectivity index (χ4n) is 3.06. The number of hydrogen-bond acceptors (Lipinski definition) is 4. The molecule has 0 bridgehead atoms. The molecule has 0 spiro atoms. The zero-order valence-electron chi connectivity index (χ0n) is 12.5. The second kappa shape index (κ2) is 5.48. The van der Waals surface area contributed by atoms with Gasteiger partial charge in [-0.05, 0) is 6.08 Å². The molecule has 1 amide bonds. The number of nitrogens with zero attached hydrogens (tertiary/aromatic N) is 3. The summed E-state index contributed by atoms with van der Waals surface area (Å²) in [6.45, 7) is 0.984. The van der Waals surface area contributed by atoms with Crippen molar-refractivity contribution < 1.29 is 4.79 Å². The van der Waals surface area contributed by atoms with Crippen molar-refractivity contribution in [2.75, 3.05) is 13.1 Å². The third-order valence-corrected chi connectivity index (χ3v) is 4.15. The van der Waals surface area contributed by atoms with Gasteiger partial charge in [0.05, 0.1) is 18.2 Å². The lowest BCUT2D eigenvalue weighted by Gasteiger charge is -2.39. The summed E-state index contributed by atoms with van der Waals surface area (Å²) in [6, 6.07) is 0. The molecule has 4 aliphatic rings. The summed E-state index contributed by atoms with van der Waals surface area (Å²) in [7, 11) is 0. The minimum atomic E-state index is -0.340. The molecule has 0 aromatic carbocycles. The first-order valence-corrected chi connectivity index (χ1v) is 7.67. The van der Waals surface area contributed by atoms with Crippen molar-refractivity contribution in [2.24, 2.45) is 27.6 Å². The number of hydrazine groups is 1. The fourth-order valence-corrected chi connectivity index (χ4v) is 3.06. The molecule has 2 unspecified atom stereocenters. The largest absolute Gasteiger partial charge is 0.329 e. The average molecular weight is 307 g/mol. The van der Waals surface area contributed by atoms with Gasteiger partial charge in [0, 0.05) is 12.1 Å². The molecule has 2 atom stereocenters. The van der Waals surface area contributed by atoms with Crippen molar-refractivity contribution in [3.63, 3.8) is 0 Å². The second-order valence-corrected chi connectivity index (χ2v) is 5.60. The van der Waals surface area contributed by atoms with Gasteiger partial charge in [-0.3, -0.25) is 15.2 Å². The molecular weight excluding hydrogens is 290 g/mol. The van der Waals surface area contributed by atoms with Crippen LogP contribution < -0.4 is 11.2 Å². The van der Waals surface area contributed by atoms with Gasteiger partial charge in [-0.25, -0.2) is 10.0 Å². The summed E-state index contributed by atoms with van der Waals surface area (Å²) in [5, 5.41) is 1.52. The van der Waals surface area contributed by atoms with Crippen LogP contribution in [0.25, 0.3) is 0 Å². The summed E-state index contributed by atoms with van der Waals surface area (Å²) in [5.74, 6) is 0.984. The Labute approximate surface area is 134 Å². The summed E-state index contributed by atoms with van der Waals surface area (Å²) in [4.78, 5) is 22.0. The van der Waals surface area contributed by atoms with E-state index in [1.165, 1.54) is 5.01 Å². The van der Waals surface area contributed by atoms with Gasteiger partial charge in [0.1, 0.15) is 11.8 Å². The highest BCUT2D eigenvalue weighted by atomic mass is 16.2. The molecular formula is C17H17N5O. The molecule has 0 fully saturated rings. The standard InChI is InChI=1S/C17H17N5O/c18-9-10-19-15-11-5-1-2-6-12(11)16-20-14-8-4-3-7-13(14)17(23)22(16)21-15/h1-8,11,13H,9-10,18H2,(H,19,21). The Morgan fingerprint density at radius 1 is 1.17 bits per heavy atom. The van der Waals surface area contributed by atoms with E-state index >= 15 is 0 Å². The van der Waals surface area contributed by atoms with Crippen LogP contribution in [-0.4, -0.2) is 35.6 Å². The Balaban J connectivity index is 1.85. The lowest BCUT2D eigenvalue weighted by Crippen LogP contribution is -2.56. The van der Waals surface area contributed by atoms with E-state index in [0.717, 1.165) is 17.1 Å². The maximum Gasteiger partial charge on any atom is 0.260 e. The zero-order valence-corrected chi connectivity index (χ0v) is 12.5. The fraction of sp³-hybridized carbons (Fsp3) is 0.235. The zero-order chi connectivity index (χ0) is 15.8. The number of fused-ring (bicyclic) bond motifs is 3. The molecule has 2 aliphatic heterocycles. The Morgan fingerprint density at radius 3 is 2.78 bits per heavy atom. The number of aliphatic imine (C=N–C) groups is 2. The SMILES string of the molecule is NCCN=C1NN2C(=O)C3C=CC=CC3=NC2=C2C=CC=CC12. The summed E-state index contributed by atoms with van der Waals surface area (Å²) < 4.78 is 0. The van der Waals surface area contributed by atoms with Gasteiger partial charge in [0.15, 0.2) is 5.82 Å². The highest BCUT2D eigenvalue weighted by molar-refractivity contribution is 6.15. The molecule has 0 aromatic rings. The monoisotopic (exact) mass is 307 g/mol. The lowest BCUT2D eigenvalue weighted by molar-refractivity contribution is -0.132. The summed E-state index contributed by atoms with van der Waals surface area (Å²) >= 11 is 0. The molecule has 2 heterocycles. The first kappa shape index (κ1) is 13.9. The van der Waals surface area contributed by atoms with Crippen LogP contribution in [0.4, 0.5) is 0 Å². The van der Waals surface area contributed by atoms with Crippen LogP contribution in [0.1, 0.15) is 0 Å². The minimum absolute atomic E-state index is 0.0189. The van der Waals surface area contributed by atoms with Gasteiger partial charge < -0.3 is 5.73 Å². The maximum absolute atomic E-state index is 12.8. The van der Waals surface area contributed by atoms with Gasteiger partial charge in [-0.2, -0.15) is 0 Å². The van der Waals surface area contributed by atoms with E-state index in [1.54, 1.807) is 0 Å². The number of nitrogens with one attached hydrogen (secondary N) is 1. The van der Waals surface area contributed by atoms with E-state index in [-0.39, 0.29) is 17.7 Å². The molecule has 0 radical (unpaired) electrons. The van der Waals surface area contributed by atoms with Crippen molar-refractivity contribution in [3.8, 4) is 0 Å². The molecule has 0 saturated carbocycles. The minimum Gasteiger partial charge on any atom is -0.329 e. The predicted molar refractivity (Wildman–Crippen MR) is 89.3 cm³/mol. The van der Waals surface area contributed by atoms with Crippen molar-refractivity contribution in [1.82, 2.24) is 10.4 Å². The lowest BCUT2D eigenvalue weighted by atomic mass is 9.89. The first-order valence-electron chi connectivity index (χ1n) is 7.67. The van der Waals surface area contributed by atoms with Crippen LogP contribution in [0.5, 0.6) is 0 Å². The number of amides is 1. The number of carbonyl (C=O) groups excluding carboxylic acids is 1. The smallest absolute Gasteiger partial charge is 0.260 e. The van der Waals surface area contributed by atoms with Gasteiger partial charge in [-0.15, -0.1) is 0 Å². The molecule has 0 saturated heterocycles. The van der Waals surface area contributed by atoms with Crippen LogP contribution in [0, 0.1) is 11.8 Å². The highest BCUT2D eigenvalue weighted by Crippen LogP contribution is 2.33. The maximum atomic E-state index is 12.8. The Bertz CT molecular complexity index is 766. The van der Waals surface area contributed by atoms with E-state index in [2.05, 4.69) is 16.5 Å². The number of allylic oxidation sites excluding steroid dienone is 6. The predicted octanol–water partition coefficient (Wildman–Crippen LogP) is 0.841. The summed E-state index contributed by atoms with van der Waals surface area (Å²) in [5.41, 5.74) is 10.5. The third-order valence-electron chi connectivity index (χ3n) is 4.15. The molecule has 6 heteroatoms. The van der Waals surface area contributed by atoms with Crippen LogP contribution >= 0.6 is 0 Å². The van der Waals surface area contributed by atoms with Gasteiger partial charge in [-0.1, -0.05) is 42.5 Å². The van der Waals surface area contributed by atoms with E-state index in [1.807, 2.05) is 42.5 Å². The first-order chi connectivity index (χ1) is 11.3. The van der Waals surface area contributed by atoms with Crippen LogP contribution in [0.2, 0.25) is 0 Å². The molecule has 0 aromatic heterocycles. The number of carbonyl (C=O) groups is 1. The number of amidine groups is 1. The van der Waals surface area contributed by atoms with E-state index in [0.29, 0.717) is 18.9 Å². The van der Waals surface area contributed by atoms with Gasteiger partial charge in [0.25, 0.3) is 5.91 Å². The molecule has 3 N–H and O–H groups in total. The quantitative estimate of drug-likeness (QED) is 0.793. The van der Waals surface area contributed by atoms with Crippen LogP contribution in [-0.2, 0) is 4.79 Å². The van der Waals surface area contributed by atoms with Crippen LogP contribution in [0.15, 0.2) is 70.0 Å². The number of hydrogen-bond donors (Lipinski definition) is 2. The molecule has 23 heavy (non-hydrogen) atoms. The van der Waals surface area contributed by atoms with E-state index in [4.69, 9.17) is 10.7 Å². The van der Waals surface area contributed by atoms with Crippen molar-refractivity contribution in [2.45, 2.75) is 0 Å². The summed E-state index contributed by atoms with van der Waals surface area (Å²) in [6.07, 6.45) is 15.5. The van der Waals surface area contributed by atoms with Crippen molar-refractivity contribution >= 4 is 17.5 Å². The highest BCUT2D eigenvalue weighted by Gasteiger charge is 2.40. The second-order valence-electron chi connectivity index (χ2n) is 5.60. The normalized spacial score (nSPS) is 29.3. The van der Waals surface area contributed by atoms with E-state index < -0.39 is 0 Å². The molecule has 116 valence electrons. The number of nitrogens with two attached hydrogens (primary N) is 1. The number of rotatable bonds is 2. The van der Waals surface area contributed by atoms with Crippen LogP contribution in [0.3, 0.4) is 0 Å². The van der Waals surface area contributed by atoms with E-state index in [9.17, 15) is 4.79 Å². The van der Waals surface area contributed by atoms with Crippen molar-refractivity contribution in [3.05, 3.63) is 60.0 Å². The van der Waals surface area contributed by atoms with Crippen molar-refractivity contribution in [1.29, 1.82) is 0 Å².